The van der Waals surface area contributed by atoms with Crippen molar-refractivity contribution in [3.63, 3.8) is 0 Å². The average molecular weight is 254 g/mol. The van der Waals surface area contributed by atoms with Gasteiger partial charge < -0.3 is 10.4 Å². The van der Waals surface area contributed by atoms with Crippen molar-refractivity contribution in [2.45, 2.75) is 19.0 Å². The molecule has 1 aliphatic rings. The van der Waals surface area contributed by atoms with Gasteiger partial charge in [-0.25, -0.2) is 0 Å². The molecule has 0 spiro atoms. The van der Waals surface area contributed by atoms with Crippen molar-refractivity contribution in [3.8, 4) is 0 Å². The fourth-order valence-corrected chi connectivity index (χ4v) is 2.59. The molecule has 0 fully saturated rings. The summed E-state index contributed by atoms with van der Waals surface area (Å²) in [6.07, 6.45) is 4.94. The highest BCUT2D eigenvalue weighted by molar-refractivity contribution is 7.13. The lowest BCUT2D eigenvalue weighted by atomic mass is 10.1. The fraction of sp³-hybridized carbons (Fsp3) is 0.455. The van der Waals surface area contributed by atoms with E-state index in [1.165, 1.54) is 0 Å². The summed E-state index contributed by atoms with van der Waals surface area (Å²) in [6, 6.07) is 1.85. The van der Waals surface area contributed by atoms with E-state index in [1.807, 2.05) is 12.2 Å². The molecular formula is C11H14N2O3S. The van der Waals surface area contributed by atoms with Gasteiger partial charge in [0.05, 0.1) is 4.92 Å². The van der Waals surface area contributed by atoms with Crippen molar-refractivity contribution in [1.82, 2.24) is 5.32 Å². The predicted octanol–water partition coefficient (Wildman–Crippen LogP) is 1.68. The zero-order valence-corrected chi connectivity index (χ0v) is 10.0. The van der Waals surface area contributed by atoms with Crippen molar-refractivity contribution >= 4 is 16.3 Å². The first-order valence-electron chi connectivity index (χ1n) is 5.43. The van der Waals surface area contributed by atoms with Crippen LogP contribution in [0.4, 0.5) is 5.00 Å². The first kappa shape index (κ1) is 12.2. The van der Waals surface area contributed by atoms with Gasteiger partial charge in [-0.1, -0.05) is 23.5 Å². The van der Waals surface area contributed by atoms with Gasteiger partial charge >= 0.3 is 5.00 Å². The summed E-state index contributed by atoms with van der Waals surface area (Å²) in [5, 5.41) is 24.8. The maximum Gasteiger partial charge on any atom is 0.324 e. The second kappa shape index (κ2) is 5.39. The normalized spacial score (nSPS) is 23.1. The van der Waals surface area contributed by atoms with Gasteiger partial charge in [-0.15, -0.1) is 0 Å². The van der Waals surface area contributed by atoms with Gasteiger partial charge in [-0.2, -0.15) is 0 Å². The smallest absolute Gasteiger partial charge is 0.324 e. The molecule has 1 aliphatic carbocycles. The van der Waals surface area contributed by atoms with Crippen LogP contribution in [-0.4, -0.2) is 22.7 Å². The van der Waals surface area contributed by atoms with Gasteiger partial charge in [-0.05, 0) is 12.0 Å². The summed E-state index contributed by atoms with van der Waals surface area (Å²) >= 11 is 1.15. The van der Waals surface area contributed by atoms with Gasteiger partial charge in [0.1, 0.15) is 0 Å². The second-order valence-electron chi connectivity index (χ2n) is 4.10. The van der Waals surface area contributed by atoms with E-state index >= 15 is 0 Å². The number of nitrogens with one attached hydrogen (secondary N) is 1. The number of nitrogens with zero attached hydrogens (tertiary/aromatic N) is 1. The lowest BCUT2D eigenvalue weighted by molar-refractivity contribution is -0.380. The van der Waals surface area contributed by atoms with Crippen LogP contribution in [0.25, 0.3) is 0 Å². The molecule has 2 atom stereocenters. The molecule has 2 N–H and O–H groups in total. The number of aliphatic hydroxyl groups excluding tert-OH is 1. The van der Waals surface area contributed by atoms with Crippen LogP contribution >= 0.6 is 11.3 Å². The number of rotatable bonds is 5. The number of hydrogen-bond acceptors (Lipinski definition) is 5. The van der Waals surface area contributed by atoms with E-state index in [0.29, 0.717) is 6.54 Å². The summed E-state index contributed by atoms with van der Waals surface area (Å²) in [5.41, 5.74) is 0.933. The van der Waals surface area contributed by atoms with Crippen molar-refractivity contribution in [2.75, 3.05) is 6.61 Å². The molecule has 0 amide bonds. The highest BCUT2D eigenvalue weighted by Gasteiger charge is 2.18. The molecule has 92 valence electrons. The Labute approximate surface area is 103 Å². The Morgan fingerprint density at radius 1 is 1.59 bits per heavy atom. The number of thiophene rings is 1. The minimum atomic E-state index is -0.370. The van der Waals surface area contributed by atoms with E-state index < -0.39 is 0 Å². The van der Waals surface area contributed by atoms with Crippen molar-refractivity contribution in [3.05, 3.63) is 39.3 Å². The van der Waals surface area contributed by atoms with Gasteiger partial charge in [-0.3, -0.25) is 10.1 Å². The molecule has 0 aromatic carbocycles. The Balaban J connectivity index is 1.82. The summed E-state index contributed by atoms with van der Waals surface area (Å²) in [5.74, 6) is 0.240. The van der Waals surface area contributed by atoms with E-state index in [9.17, 15) is 10.1 Å². The molecule has 0 bridgehead atoms. The highest BCUT2D eigenvalue weighted by atomic mass is 32.1. The monoisotopic (exact) mass is 254 g/mol. The van der Waals surface area contributed by atoms with Crippen LogP contribution in [-0.2, 0) is 6.54 Å². The Hall–Kier alpha value is -1.24. The minimum Gasteiger partial charge on any atom is -0.396 e. The Kier molecular flexibility index (Phi) is 3.88. The molecule has 17 heavy (non-hydrogen) atoms. The fourth-order valence-electron chi connectivity index (χ4n) is 1.86. The molecule has 1 aromatic heterocycles. The van der Waals surface area contributed by atoms with E-state index in [0.717, 1.165) is 23.3 Å². The van der Waals surface area contributed by atoms with E-state index in [1.54, 1.807) is 11.4 Å². The number of aliphatic hydroxyl groups is 1. The van der Waals surface area contributed by atoms with Crippen LogP contribution in [0, 0.1) is 16.0 Å². The summed E-state index contributed by atoms with van der Waals surface area (Å²) < 4.78 is 0. The number of hydrogen-bond donors (Lipinski definition) is 2. The maximum absolute atomic E-state index is 10.5. The zero-order chi connectivity index (χ0) is 12.3. The Bertz CT molecular complexity index is 430. The van der Waals surface area contributed by atoms with Gasteiger partial charge in [0.25, 0.3) is 0 Å². The van der Waals surface area contributed by atoms with Crippen LogP contribution < -0.4 is 5.32 Å². The zero-order valence-electron chi connectivity index (χ0n) is 9.20. The molecule has 6 heteroatoms. The van der Waals surface area contributed by atoms with Crippen molar-refractivity contribution in [1.29, 1.82) is 0 Å². The van der Waals surface area contributed by atoms with Gasteiger partial charge in [0.2, 0.25) is 0 Å². The van der Waals surface area contributed by atoms with E-state index in [-0.39, 0.29) is 28.5 Å². The predicted molar refractivity (Wildman–Crippen MR) is 65.9 cm³/mol. The first-order chi connectivity index (χ1) is 8.19. The lowest BCUT2D eigenvalue weighted by Gasteiger charge is -2.11. The third kappa shape index (κ3) is 3.12. The summed E-state index contributed by atoms with van der Waals surface area (Å²) in [4.78, 5) is 10.1. The molecular weight excluding hydrogens is 240 g/mol. The van der Waals surface area contributed by atoms with Crippen LogP contribution in [0.3, 0.4) is 0 Å². The topological polar surface area (TPSA) is 75.4 Å². The molecule has 0 saturated heterocycles. The third-order valence-electron chi connectivity index (χ3n) is 2.80. The molecule has 2 rings (SSSR count). The van der Waals surface area contributed by atoms with Crippen molar-refractivity contribution in [2.24, 2.45) is 5.92 Å². The van der Waals surface area contributed by atoms with E-state index in [2.05, 4.69) is 5.32 Å². The highest BCUT2D eigenvalue weighted by Crippen LogP contribution is 2.23. The largest absolute Gasteiger partial charge is 0.396 e. The first-order valence-corrected chi connectivity index (χ1v) is 6.31. The van der Waals surface area contributed by atoms with Gasteiger partial charge in [0.15, 0.2) is 0 Å². The molecule has 0 saturated carbocycles. The van der Waals surface area contributed by atoms with Crippen LogP contribution in [0.1, 0.15) is 12.0 Å². The van der Waals surface area contributed by atoms with Crippen molar-refractivity contribution < 1.29 is 10.0 Å². The third-order valence-corrected chi connectivity index (χ3v) is 3.72. The van der Waals surface area contributed by atoms with Crippen LogP contribution in [0.5, 0.6) is 0 Å². The summed E-state index contributed by atoms with van der Waals surface area (Å²) in [6.45, 7) is 0.802. The Morgan fingerprint density at radius 3 is 3.00 bits per heavy atom. The standard InChI is InChI=1S/C11H14N2O3S/c14-6-8-1-2-10(3-8)12-5-9-4-11(13(15)16)17-7-9/h1-2,4,7-8,10,12,14H,3,5-6H2/t8-,10+/m0/s1. The van der Waals surface area contributed by atoms with Gasteiger partial charge in [0, 0.05) is 36.6 Å². The Morgan fingerprint density at radius 2 is 2.41 bits per heavy atom. The molecule has 1 heterocycles. The van der Waals surface area contributed by atoms with E-state index in [4.69, 9.17) is 5.11 Å². The number of nitro groups is 1. The van der Waals surface area contributed by atoms with Crippen LogP contribution in [0.15, 0.2) is 23.6 Å². The molecule has 1 aromatic rings. The van der Waals surface area contributed by atoms with Crippen LogP contribution in [0.2, 0.25) is 0 Å². The molecule has 0 radical (unpaired) electrons. The SMILES string of the molecule is O=[N+]([O-])c1cc(CN[C@@H]2C=C[C@H](CO)C2)cs1. The minimum absolute atomic E-state index is 0.178. The quantitative estimate of drug-likeness (QED) is 0.476. The second-order valence-corrected chi connectivity index (χ2v) is 4.99. The maximum atomic E-state index is 10.5. The lowest BCUT2D eigenvalue weighted by Crippen LogP contribution is -2.25. The molecule has 0 unspecified atom stereocenters. The summed E-state index contributed by atoms with van der Waals surface area (Å²) in [7, 11) is 0. The molecule has 5 nitrogen and oxygen atoms in total. The average Bonchev–Trinajstić information content (AvgIpc) is 2.95. The molecule has 0 aliphatic heterocycles.